The van der Waals surface area contributed by atoms with E-state index in [1.165, 1.54) is 10.6 Å². The van der Waals surface area contributed by atoms with Crippen LogP contribution in [0.5, 0.6) is 11.5 Å². The summed E-state index contributed by atoms with van der Waals surface area (Å²) in [6.07, 6.45) is 2.41. The first kappa shape index (κ1) is 21.0. The number of aromatic nitrogens is 4. The quantitative estimate of drug-likeness (QED) is 0.430. The fourth-order valence-electron chi connectivity index (χ4n) is 3.57. The number of carbonyl (C=O) groups is 1. The van der Waals surface area contributed by atoms with E-state index in [9.17, 15) is 15.0 Å². The van der Waals surface area contributed by atoms with E-state index in [1.54, 1.807) is 12.3 Å². The topological polar surface area (TPSA) is 127 Å². The molecule has 4 N–H and O–H groups in total. The van der Waals surface area contributed by atoms with Crippen LogP contribution in [0.1, 0.15) is 47.2 Å². The maximum atomic E-state index is 12.1. The van der Waals surface area contributed by atoms with Crippen LogP contribution < -0.4 is 5.73 Å². The van der Waals surface area contributed by atoms with Crippen LogP contribution in [0.3, 0.4) is 0 Å². The van der Waals surface area contributed by atoms with E-state index in [0.717, 1.165) is 11.3 Å². The average Bonchev–Trinajstić information content (AvgIpc) is 3.20. The minimum Gasteiger partial charge on any atom is -0.508 e. The molecular formula is C24H23N5O3. The van der Waals surface area contributed by atoms with Gasteiger partial charge in [0.05, 0.1) is 5.56 Å². The Morgan fingerprint density at radius 1 is 1.03 bits per heavy atom. The van der Waals surface area contributed by atoms with Crippen LogP contribution >= 0.6 is 0 Å². The summed E-state index contributed by atoms with van der Waals surface area (Å²) in [5.41, 5.74) is 9.11. The van der Waals surface area contributed by atoms with Gasteiger partial charge in [0.2, 0.25) is 5.82 Å². The smallest absolute Gasteiger partial charge is 0.287 e. The van der Waals surface area contributed by atoms with Gasteiger partial charge in [-0.3, -0.25) is 14.3 Å². The number of benzene rings is 2. The van der Waals surface area contributed by atoms with Crippen molar-refractivity contribution in [2.24, 2.45) is 5.73 Å². The number of pyridine rings is 1. The van der Waals surface area contributed by atoms with Crippen LogP contribution in [-0.2, 0) is 6.42 Å². The molecule has 0 fully saturated rings. The molecule has 0 saturated heterocycles. The van der Waals surface area contributed by atoms with Gasteiger partial charge in [0.15, 0.2) is 5.82 Å². The summed E-state index contributed by atoms with van der Waals surface area (Å²) in [5, 5.41) is 28.8. The number of primary amides is 1. The Morgan fingerprint density at radius 3 is 2.41 bits per heavy atom. The van der Waals surface area contributed by atoms with Crippen LogP contribution in [0, 0.1) is 0 Å². The van der Waals surface area contributed by atoms with E-state index in [1.807, 2.05) is 56.3 Å². The Kier molecular flexibility index (Phi) is 5.59. The van der Waals surface area contributed by atoms with Gasteiger partial charge in [-0.1, -0.05) is 32.0 Å². The van der Waals surface area contributed by atoms with Gasteiger partial charge in [0, 0.05) is 30.1 Å². The van der Waals surface area contributed by atoms with Crippen LogP contribution in [-0.4, -0.2) is 35.9 Å². The van der Waals surface area contributed by atoms with Crippen molar-refractivity contribution < 1.29 is 15.0 Å². The molecule has 4 aromatic rings. The number of phenols is 2. The highest BCUT2D eigenvalue weighted by Gasteiger charge is 2.23. The van der Waals surface area contributed by atoms with E-state index < -0.39 is 5.91 Å². The van der Waals surface area contributed by atoms with Gasteiger partial charge in [0.25, 0.3) is 5.91 Å². The Bertz CT molecular complexity index is 1270. The molecule has 0 saturated carbocycles. The molecule has 162 valence electrons. The second-order valence-electron chi connectivity index (χ2n) is 7.79. The lowest BCUT2D eigenvalue weighted by Crippen LogP contribution is -2.18. The summed E-state index contributed by atoms with van der Waals surface area (Å²) in [5.74, 6) is -0.743. The monoisotopic (exact) mass is 429 g/mol. The number of carbonyl (C=O) groups excluding carboxylic acids is 1. The van der Waals surface area contributed by atoms with Crippen molar-refractivity contribution in [3.63, 3.8) is 0 Å². The fourth-order valence-corrected chi connectivity index (χ4v) is 3.57. The van der Waals surface area contributed by atoms with Crippen molar-refractivity contribution in [2.45, 2.75) is 26.2 Å². The molecule has 8 heteroatoms. The zero-order chi connectivity index (χ0) is 22.8. The van der Waals surface area contributed by atoms with Gasteiger partial charge >= 0.3 is 0 Å². The van der Waals surface area contributed by atoms with Crippen LogP contribution in [0.4, 0.5) is 0 Å². The molecule has 0 aliphatic carbocycles. The fraction of sp³-hybridized carbons (Fsp3) is 0.167. The molecule has 0 atom stereocenters. The summed E-state index contributed by atoms with van der Waals surface area (Å²) in [7, 11) is 0. The third-order valence-electron chi connectivity index (χ3n) is 5.20. The molecule has 4 rings (SSSR count). The average molecular weight is 429 g/mol. The molecule has 1 amide bonds. The molecule has 32 heavy (non-hydrogen) atoms. The molecule has 8 nitrogen and oxygen atoms in total. The Labute approximate surface area is 185 Å². The van der Waals surface area contributed by atoms with Gasteiger partial charge in [-0.15, -0.1) is 10.2 Å². The number of amides is 1. The third-order valence-corrected chi connectivity index (χ3v) is 5.20. The molecule has 0 radical (unpaired) electrons. The number of nitrogens with two attached hydrogens (primary N) is 1. The van der Waals surface area contributed by atoms with E-state index in [4.69, 9.17) is 5.73 Å². The first-order chi connectivity index (χ1) is 15.3. The number of rotatable bonds is 6. The largest absolute Gasteiger partial charge is 0.508 e. The molecular weight excluding hydrogens is 406 g/mol. The van der Waals surface area contributed by atoms with Crippen molar-refractivity contribution in [1.82, 2.24) is 19.7 Å². The van der Waals surface area contributed by atoms with Crippen LogP contribution in [0.25, 0.3) is 17.1 Å². The molecule has 2 aromatic heterocycles. The van der Waals surface area contributed by atoms with Crippen molar-refractivity contribution in [3.8, 4) is 28.6 Å². The van der Waals surface area contributed by atoms with Crippen LogP contribution in [0.2, 0.25) is 0 Å². The number of phenolic OH excluding ortho intramolecular Hbond substituents is 2. The highest BCUT2D eigenvalue weighted by molar-refractivity contribution is 5.90. The Balaban J connectivity index is 1.79. The molecule has 0 aliphatic heterocycles. The maximum Gasteiger partial charge on any atom is 0.287 e. The standard InChI is InChI=1S/C24H23N5O3/c1-14(2)18-12-19(21(31)13-20(18)30)23-27-28-24(22(25)32)29(23)17-8-6-15(7-9-17)11-16-5-3-4-10-26-16/h3-10,12-14,30-31H,11H2,1-2H3,(H2,25,32). The maximum absolute atomic E-state index is 12.1. The van der Waals surface area contributed by atoms with Gasteiger partial charge in [0.1, 0.15) is 11.5 Å². The van der Waals surface area contributed by atoms with Crippen molar-refractivity contribution >= 4 is 5.91 Å². The van der Waals surface area contributed by atoms with Gasteiger partial charge in [-0.05, 0) is 47.4 Å². The van der Waals surface area contributed by atoms with Crippen molar-refractivity contribution in [2.75, 3.05) is 0 Å². The number of hydrogen-bond acceptors (Lipinski definition) is 6. The van der Waals surface area contributed by atoms with Gasteiger partial charge in [-0.2, -0.15) is 0 Å². The molecule has 0 bridgehead atoms. The number of hydrogen-bond donors (Lipinski definition) is 3. The SMILES string of the molecule is CC(C)c1cc(-c2nnc(C(N)=O)n2-c2ccc(Cc3ccccn3)cc2)c(O)cc1O. The summed E-state index contributed by atoms with van der Waals surface area (Å²) >= 11 is 0. The lowest BCUT2D eigenvalue weighted by molar-refractivity contribution is 0.0988. The first-order valence-electron chi connectivity index (χ1n) is 10.2. The Morgan fingerprint density at radius 2 is 1.78 bits per heavy atom. The summed E-state index contributed by atoms with van der Waals surface area (Å²) in [6, 6.07) is 16.2. The normalized spacial score (nSPS) is 11.1. The number of nitrogens with zero attached hydrogens (tertiary/aromatic N) is 4. The molecule has 0 unspecified atom stereocenters. The van der Waals surface area contributed by atoms with Crippen LogP contribution in [0.15, 0.2) is 60.8 Å². The molecule has 2 heterocycles. The Hall–Kier alpha value is -4.20. The van der Waals surface area contributed by atoms with E-state index in [2.05, 4.69) is 15.2 Å². The molecule has 0 spiro atoms. The summed E-state index contributed by atoms with van der Waals surface area (Å²) in [6.45, 7) is 3.85. The van der Waals surface area contributed by atoms with E-state index in [0.29, 0.717) is 23.2 Å². The predicted molar refractivity (Wildman–Crippen MR) is 120 cm³/mol. The first-order valence-corrected chi connectivity index (χ1v) is 10.2. The summed E-state index contributed by atoms with van der Waals surface area (Å²) in [4.78, 5) is 16.4. The lowest BCUT2D eigenvalue weighted by Gasteiger charge is -2.14. The third kappa shape index (κ3) is 4.02. The zero-order valence-corrected chi connectivity index (χ0v) is 17.7. The lowest BCUT2D eigenvalue weighted by atomic mass is 9.98. The van der Waals surface area contributed by atoms with E-state index in [-0.39, 0.29) is 29.1 Å². The van der Waals surface area contributed by atoms with E-state index >= 15 is 0 Å². The molecule has 0 aliphatic rings. The summed E-state index contributed by atoms with van der Waals surface area (Å²) < 4.78 is 1.50. The second kappa shape index (κ2) is 8.50. The predicted octanol–water partition coefficient (Wildman–Crippen LogP) is 3.55. The molecule has 2 aromatic carbocycles. The van der Waals surface area contributed by atoms with Gasteiger partial charge < -0.3 is 15.9 Å². The van der Waals surface area contributed by atoms with Crippen molar-refractivity contribution in [3.05, 3.63) is 83.4 Å². The zero-order valence-electron chi connectivity index (χ0n) is 17.7. The highest BCUT2D eigenvalue weighted by Crippen LogP contribution is 2.38. The van der Waals surface area contributed by atoms with Gasteiger partial charge in [-0.25, -0.2) is 0 Å². The number of aromatic hydroxyl groups is 2. The minimum atomic E-state index is -0.747. The minimum absolute atomic E-state index is 0.00668. The highest BCUT2D eigenvalue weighted by atomic mass is 16.3. The second-order valence-corrected chi connectivity index (χ2v) is 7.79. The van der Waals surface area contributed by atoms with Crippen molar-refractivity contribution in [1.29, 1.82) is 0 Å².